The molecule has 21 heavy (non-hydrogen) atoms. The van der Waals surface area contributed by atoms with E-state index in [1.165, 1.54) is 0 Å². The first-order valence-electron chi connectivity index (χ1n) is 7.00. The van der Waals surface area contributed by atoms with E-state index < -0.39 is 0 Å². The van der Waals surface area contributed by atoms with Crippen LogP contribution in [0.1, 0.15) is 30.5 Å². The summed E-state index contributed by atoms with van der Waals surface area (Å²) in [6.07, 6.45) is 1.79. The largest absolute Gasteiger partial charge is 0.461 e. The van der Waals surface area contributed by atoms with Crippen LogP contribution in [0.3, 0.4) is 0 Å². The minimum atomic E-state index is -0.184. The summed E-state index contributed by atoms with van der Waals surface area (Å²) >= 11 is 1.61. The van der Waals surface area contributed by atoms with Crippen molar-refractivity contribution in [1.82, 2.24) is 10.3 Å². The van der Waals surface area contributed by atoms with Gasteiger partial charge in [0.1, 0.15) is 11.6 Å². The topological polar surface area (TPSA) is 51.2 Å². The van der Waals surface area contributed by atoms with Crippen molar-refractivity contribution in [2.24, 2.45) is 5.92 Å². The molecular weight excluding hydrogens is 284 g/mol. The molecule has 1 N–H and O–H groups in total. The predicted octanol–water partition coefficient (Wildman–Crippen LogP) is 3.17. The standard InChI is InChI=1S/C16H20N2O2S/c1-12(10-18-13(2)15-17-8-9-21-15)16(19)20-11-14-6-4-3-5-7-14/h3-9,12-13,18H,10-11H2,1-2H3. The smallest absolute Gasteiger partial charge is 0.310 e. The zero-order valence-corrected chi connectivity index (χ0v) is 13.1. The number of esters is 1. The average molecular weight is 304 g/mol. The van der Waals surface area contributed by atoms with Crippen molar-refractivity contribution in [1.29, 1.82) is 0 Å². The molecule has 0 aliphatic rings. The molecule has 2 rings (SSSR count). The molecule has 5 heteroatoms. The fourth-order valence-corrected chi connectivity index (χ4v) is 2.51. The second-order valence-electron chi connectivity index (χ2n) is 4.99. The Bertz CT molecular complexity index is 543. The summed E-state index contributed by atoms with van der Waals surface area (Å²) in [5.74, 6) is -0.367. The maximum atomic E-state index is 11.9. The van der Waals surface area contributed by atoms with E-state index in [9.17, 15) is 4.79 Å². The summed E-state index contributed by atoms with van der Waals surface area (Å²) in [7, 11) is 0. The first kappa shape index (κ1) is 15.7. The minimum absolute atomic E-state index is 0.148. The molecule has 0 amide bonds. The number of carbonyl (C=O) groups excluding carboxylic acids is 1. The van der Waals surface area contributed by atoms with Crippen LogP contribution in [0.25, 0.3) is 0 Å². The first-order valence-corrected chi connectivity index (χ1v) is 7.88. The lowest BCUT2D eigenvalue weighted by molar-refractivity contribution is -0.149. The molecule has 1 heterocycles. The summed E-state index contributed by atoms with van der Waals surface area (Å²) in [6.45, 7) is 4.82. The Hall–Kier alpha value is -1.72. The molecule has 1 aromatic carbocycles. The molecule has 112 valence electrons. The van der Waals surface area contributed by atoms with E-state index in [2.05, 4.69) is 10.3 Å². The molecule has 0 spiro atoms. The van der Waals surface area contributed by atoms with Crippen molar-refractivity contribution >= 4 is 17.3 Å². The van der Waals surface area contributed by atoms with Crippen molar-refractivity contribution in [3.05, 3.63) is 52.5 Å². The Morgan fingerprint density at radius 1 is 1.33 bits per heavy atom. The number of thiazole rings is 1. The van der Waals surface area contributed by atoms with E-state index in [4.69, 9.17) is 4.74 Å². The van der Waals surface area contributed by atoms with E-state index in [0.29, 0.717) is 13.2 Å². The molecule has 2 aromatic rings. The van der Waals surface area contributed by atoms with Crippen molar-refractivity contribution in [3.8, 4) is 0 Å². The summed E-state index contributed by atoms with van der Waals surface area (Å²) < 4.78 is 5.32. The number of hydrogen-bond donors (Lipinski definition) is 1. The first-order chi connectivity index (χ1) is 10.2. The third kappa shape index (κ3) is 4.95. The van der Waals surface area contributed by atoms with Gasteiger partial charge in [-0.05, 0) is 12.5 Å². The molecule has 2 atom stereocenters. The number of benzene rings is 1. The predicted molar refractivity (Wildman–Crippen MR) is 83.9 cm³/mol. The monoisotopic (exact) mass is 304 g/mol. The lowest BCUT2D eigenvalue weighted by Gasteiger charge is -2.15. The number of ether oxygens (including phenoxy) is 1. The highest BCUT2D eigenvalue weighted by Gasteiger charge is 2.16. The molecule has 0 bridgehead atoms. The van der Waals surface area contributed by atoms with E-state index in [0.717, 1.165) is 10.6 Å². The van der Waals surface area contributed by atoms with E-state index in [-0.39, 0.29) is 17.9 Å². The van der Waals surface area contributed by atoms with Crippen LogP contribution in [0.2, 0.25) is 0 Å². The number of nitrogens with one attached hydrogen (secondary N) is 1. The van der Waals surface area contributed by atoms with Gasteiger partial charge >= 0.3 is 5.97 Å². The van der Waals surface area contributed by atoms with Crippen molar-refractivity contribution in [2.75, 3.05) is 6.54 Å². The molecule has 0 aliphatic carbocycles. The number of nitrogens with zero attached hydrogens (tertiary/aromatic N) is 1. The lowest BCUT2D eigenvalue weighted by Crippen LogP contribution is -2.29. The van der Waals surface area contributed by atoms with Crippen LogP contribution in [-0.4, -0.2) is 17.5 Å². The highest BCUT2D eigenvalue weighted by atomic mass is 32.1. The fraction of sp³-hybridized carbons (Fsp3) is 0.375. The van der Waals surface area contributed by atoms with Crippen molar-refractivity contribution in [2.45, 2.75) is 26.5 Å². The molecule has 4 nitrogen and oxygen atoms in total. The molecule has 0 fully saturated rings. The van der Waals surface area contributed by atoms with Crippen LogP contribution >= 0.6 is 11.3 Å². The zero-order valence-electron chi connectivity index (χ0n) is 12.3. The van der Waals surface area contributed by atoms with Crippen LogP contribution in [0, 0.1) is 5.92 Å². The molecular formula is C16H20N2O2S. The van der Waals surface area contributed by atoms with E-state index in [1.54, 1.807) is 17.5 Å². The average Bonchev–Trinajstić information content (AvgIpc) is 3.05. The Morgan fingerprint density at radius 2 is 2.10 bits per heavy atom. The Morgan fingerprint density at radius 3 is 2.76 bits per heavy atom. The van der Waals surface area contributed by atoms with Gasteiger partial charge in [-0.3, -0.25) is 4.79 Å². The van der Waals surface area contributed by atoms with Gasteiger partial charge in [0.25, 0.3) is 0 Å². The van der Waals surface area contributed by atoms with Crippen molar-refractivity contribution < 1.29 is 9.53 Å². The highest BCUT2D eigenvalue weighted by molar-refractivity contribution is 7.09. The second-order valence-corrected chi connectivity index (χ2v) is 5.92. The second kappa shape index (κ2) is 7.90. The molecule has 2 unspecified atom stereocenters. The number of hydrogen-bond acceptors (Lipinski definition) is 5. The highest BCUT2D eigenvalue weighted by Crippen LogP contribution is 2.15. The number of aromatic nitrogens is 1. The molecule has 0 saturated carbocycles. The normalized spacial score (nSPS) is 13.6. The number of carbonyl (C=O) groups is 1. The molecule has 1 aromatic heterocycles. The van der Waals surface area contributed by atoms with Gasteiger partial charge in [-0.25, -0.2) is 4.98 Å². The van der Waals surface area contributed by atoms with Gasteiger partial charge in [-0.15, -0.1) is 11.3 Å². The summed E-state index contributed by atoms with van der Waals surface area (Å²) in [6, 6.07) is 9.85. The maximum Gasteiger partial charge on any atom is 0.310 e. The molecule has 0 aliphatic heterocycles. The zero-order chi connectivity index (χ0) is 15.1. The van der Waals surface area contributed by atoms with Gasteiger partial charge in [-0.1, -0.05) is 37.3 Å². The SMILES string of the molecule is CC(CNC(C)c1nccs1)C(=O)OCc1ccccc1. The minimum Gasteiger partial charge on any atom is -0.461 e. The summed E-state index contributed by atoms with van der Waals surface area (Å²) in [5.41, 5.74) is 1.00. The third-order valence-corrected chi connectivity index (χ3v) is 4.14. The van der Waals surface area contributed by atoms with E-state index in [1.807, 2.05) is 49.6 Å². The van der Waals surface area contributed by atoms with Crippen LogP contribution in [0.5, 0.6) is 0 Å². The van der Waals surface area contributed by atoms with Crippen LogP contribution in [0.4, 0.5) is 0 Å². The summed E-state index contributed by atoms with van der Waals surface area (Å²) in [5, 5.41) is 6.29. The van der Waals surface area contributed by atoms with Crippen LogP contribution in [-0.2, 0) is 16.1 Å². The maximum absolute atomic E-state index is 11.9. The van der Waals surface area contributed by atoms with Gasteiger partial charge in [0.2, 0.25) is 0 Å². The van der Waals surface area contributed by atoms with Crippen LogP contribution in [0.15, 0.2) is 41.9 Å². The van der Waals surface area contributed by atoms with Crippen LogP contribution < -0.4 is 5.32 Å². The van der Waals surface area contributed by atoms with Gasteiger partial charge < -0.3 is 10.1 Å². The van der Waals surface area contributed by atoms with Crippen molar-refractivity contribution in [3.63, 3.8) is 0 Å². The van der Waals surface area contributed by atoms with E-state index >= 15 is 0 Å². The molecule has 0 saturated heterocycles. The van der Waals surface area contributed by atoms with Gasteiger partial charge in [0.15, 0.2) is 0 Å². The Balaban J connectivity index is 1.72. The fourth-order valence-electron chi connectivity index (χ4n) is 1.84. The lowest BCUT2D eigenvalue weighted by atomic mass is 10.1. The Labute approximate surface area is 129 Å². The van der Waals surface area contributed by atoms with Gasteiger partial charge in [-0.2, -0.15) is 0 Å². The third-order valence-electron chi connectivity index (χ3n) is 3.18. The Kier molecular flexibility index (Phi) is 5.90. The number of rotatable bonds is 7. The van der Waals surface area contributed by atoms with Gasteiger partial charge in [0.05, 0.1) is 12.0 Å². The van der Waals surface area contributed by atoms with Gasteiger partial charge in [0, 0.05) is 18.1 Å². The molecule has 0 radical (unpaired) electrons. The quantitative estimate of drug-likeness (QED) is 0.798. The summed E-state index contributed by atoms with van der Waals surface area (Å²) in [4.78, 5) is 16.2.